The number of amides is 2. The van der Waals surface area contributed by atoms with Crippen LogP contribution in [-0.2, 0) is 9.47 Å². The SMILES string of the molecule is CC(C)(C)OC(=O)N1CC2(CCN(CC3CCC(n4cnc5c(NC(=O)c6ccccc6)ncnc54)O3)C2)C1. The molecule has 3 aliphatic heterocycles. The summed E-state index contributed by atoms with van der Waals surface area (Å²) in [7, 11) is 0. The number of carbonyl (C=O) groups excluding carboxylic acids is 2. The van der Waals surface area contributed by atoms with Gasteiger partial charge in [-0.25, -0.2) is 19.7 Å². The summed E-state index contributed by atoms with van der Waals surface area (Å²) in [6.45, 7) is 10.1. The van der Waals surface area contributed by atoms with Crippen molar-refractivity contribution in [2.45, 2.75) is 58.0 Å². The molecule has 0 saturated carbocycles. The number of likely N-dealkylation sites (tertiary alicyclic amines) is 2. The number of hydrogen-bond acceptors (Lipinski definition) is 8. The van der Waals surface area contributed by atoms with Gasteiger partial charge >= 0.3 is 6.09 Å². The van der Waals surface area contributed by atoms with Gasteiger partial charge < -0.3 is 24.6 Å². The Morgan fingerprint density at radius 2 is 1.90 bits per heavy atom. The first-order chi connectivity index (χ1) is 18.7. The molecule has 5 heterocycles. The van der Waals surface area contributed by atoms with Gasteiger partial charge in [0.05, 0.1) is 12.4 Å². The summed E-state index contributed by atoms with van der Waals surface area (Å²) in [6.07, 6.45) is 5.78. The standard InChI is InChI=1S/C28H35N7O4/c1-27(2,3)39-26(37)34-15-28(16-34)11-12-33(14-28)13-20-9-10-21(38-20)35-18-31-22-23(29-17-30-24(22)35)32-25(36)19-7-5-4-6-8-19/h4-8,17-18,20-21H,9-16H2,1-3H3,(H,29,30,32,36). The van der Waals surface area contributed by atoms with E-state index in [1.54, 1.807) is 18.5 Å². The third kappa shape index (κ3) is 5.33. The van der Waals surface area contributed by atoms with Crippen molar-refractivity contribution < 1.29 is 19.1 Å². The van der Waals surface area contributed by atoms with Crippen molar-refractivity contribution in [3.8, 4) is 0 Å². The lowest BCUT2D eigenvalue weighted by molar-refractivity contribution is -0.0355. The second-order valence-electron chi connectivity index (χ2n) is 12.0. The topological polar surface area (TPSA) is 115 Å². The van der Waals surface area contributed by atoms with Crippen LogP contribution in [0.25, 0.3) is 11.2 Å². The average molecular weight is 534 g/mol. The third-order valence-electron chi connectivity index (χ3n) is 7.71. The molecule has 1 spiro atoms. The van der Waals surface area contributed by atoms with E-state index in [4.69, 9.17) is 9.47 Å². The molecule has 3 fully saturated rings. The molecule has 2 atom stereocenters. The quantitative estimate of drug-likeness (QED) is 0.528. The maximum atomic E-state index is 12.6. The Hall–Kier alpha value is -3.57. The molecule has 0 radical (unpaired) electrons. The van der Waals surface area contributed by atoms with Crippen molar-refractivity contribution in [2.24, 2.45) is 5.41 Å². The molecule has 1 aromatic carbocycles. The van der Waals surface area contributed by atoms with Crippen molar-refractivity contribution in [2.75, 3.05) is 38.0 Å². The van der Waals surface area contributed by atoms with Crippen LogP contribution in [0, 0.1) is 5.41 Å². The zero-order valence-electron chi connectivity index (χ0n) is 22.7. The molecule has 2 amide bonds. The van der Waals surface area contributed by atoms with Crippen molar-refractivity contribution in [1.29, 1.82) is 0 Å². The molecule has 39 heavy (non-hydrogen) atoms. The number of anilines is 1. The lowest BCUT2D eigenvalue weighted by Gasteiger charge is -2.48. The Labute approximate surface area is 227 Å². The number of ether oxygens (including phenoxy) is 2. The highest BCUT2D eigenvalue weighted by atomic mass is 16.6. The Bertz CT molecular complexity index is 1360. The lowest BCUT2D eigenvalue weighted by atomic mass is 9.79. The maximum Gasteiger partial charge on any atom is 0.410 e. The van der Waals surface area contributed by atoms with E-state index in [-0.39, 0.29) is 29.7 Å². The molecule has 3 saturated heterocycles. The molecule has 11 heteroatoms. The summed E-state index contributed by atoms with van der Waals surface area (Å²) in [6, 6.07) is 9.01. The number of hydrogen-bond donors (Lipinski definition) is 1. The van der Waals surface area contributed by atoms with Crippen LogP contribution in [-0.4, -0.2) is 85.7 Å². The number of benzene rings is 1. The van der Waals surface area contributed by atoms with E-state index in [2.05, 4.69) is 25.2 Å². The molecule has 0 bridgehead atoms. The highest BCUT2D eigenvalue weighted by molar-refractivity contribution is 6.06. The van der Waals surface area contributed by atoms with Gasteiger partial charge in [-0.1, -0.05) is 18.2 Å². The second kappa shape index (κ2) is 9.87. The molecule has 1 N–H and O–H groups in total. The molecular formula is C28H35N7O4. The molecule has 3 aromatic rings. The van der Waals surface area contributed by atoms with Crippen LogP contribution in [0.2, 0.25) is 0 Å². The van der Waals surface area contributed by atoms with Crippen LogP contribution in [0.5, 0.6) is 0 Å². The van der Waals surface area contributed by atoms with Gasteiger partial charge in [-0.05, 0) is 58.7 Å². The van der Waals surface area contributed by atoms with E-state index in [1.807, 2.05) is 48.4 Å². The summed E-state index contributed by atoms with van der Waals surface area (Å²) in [4.78, 5) is 42.5. The highest BCUT2D eigenvalue weighted by Crippen LogP contribution is 2.41. The fourth-order valence-electron chi connectivity index (χ4n) is 5.90. The normalized spacial score (nSPS) is 22.8. The van der Waals surface area contributed by atoms with E-state index >= 15 is 0 Å². The van der Waals surface area contributed by atoms with Crippen LogP contribution in [0.15, 0.2) is 43.0 Å². The Morgan fingerprint density at radius 1 is 1.10 bits per heavy atom. The molecular weight excluding hydrogens is 498 g/mol. The predicted octanol–water partition coefficient (Wildman–Crippen LogP) is 3.70. The van der Waals surface area contributed by atoms with Gasteiger partial charge in [-0.15, -0.1) is 0 Å². The molecule has 3 aliphatic rings. The number of imidazole rings is 1. The van der Waals surface area contributed by atoms with E-state index in [9.17, 15) is 9.59 Å². The van der Waals surface area contributed by atoms with Crippen LogP contribution < -0.4 is 5.32 Å². The van der Waals surface area contributed by atoms with Gasteiger partial charge in [-0.3, -0.25) is 9.36 Å². The predicted molar refractivity (Wildman–Crippen MR) is 144 cm³/mol. The molecule has 0 aliphatic carbocycles. The Morgan fingerprint density at radius 3 is 2.67 bits per heavy atom. The van der Waals surface area contributed by atoms with Crippen molar-refractivity contribution >= 4 is 29.0 Å². The van der Waals surface area contributed by atoms with E-state index in [1.165, 1.54) is 6.33 Å². The lowest BCUT2D eigenvalue weighted by Crippen LogP contribution is -2.60. The van der Waals surface area contributed by atoms with E-state index in [0.29, 0.717) is 22.5 Å². The number of nitrogens with one attached hydrogen (secondary N) is 1. The van der Waals surface area contributed by atoms with Gasteiger partial charge in [0, 0.05) is 37.2 Å². The summed E-state index contributed by atoms with van der Waals surface area (Å²) >= 11 is 0. The zero-order valence-corrected chi connectivity index (χ0v) is 22.7. The van der Waals surface area contributed by atoms with Gasteiger partial charge in [0.1, 0.15) is 18.2 Å². The first-order valence-corrected chi connectivity index (χ1v) is 13.6. The number of fused-ring (bicyclic) bond motifs is 1. The molecule has 206 valence electrons. The average Bonchev–Trinajstić information content (AvgIpc) is 3.61. The van der Waals surface area contributed by atoms with E-state index in [0.717, 1.165) is 52.0 Å². The van der Waals surface area contributed by atoms with Gasteiger partial charge in [0.25, 0.3) is 5.91 Å². The van der Waals surface area contributed by atoms with Crippen molar-refractivity contribution in [3.05, 3.63) is 48.5 Å². The van der Waals surface area contributed by atoms with Crippen LogP contribution >= 0.6 is 0 Å². The minimum atomic E-state index is -0.470. The number of nitrogens with zero attached hydrogens (tertiary/aromatic N) is 6. The first-order valence-electron chi connectivity index (χ1n) is 13.6. The second-order valence-corrected chi connectivity index (χ2v) is 12.0. The fraction of sp³-hybridized carbons (Fsp3) is 0.536. The fourth-order valence-corrected chi connectivity index (χ4v) is 5.90. The minimum Gasteiger partial charge on any atom is -0.444 e. The largest absolute Gasteiger partial charge is 0.444 e. The van der Waals surface area contributed by atoms with Gasteiger partial charge in [0.15, 0.2) is 17.0 Å². The Kier molecular flexibility index (Phi) is 6.50. The van der Waals surface area contributed by atoms with Crippen molar-refractivity contribution in [3.63, 3.8) is 0 Å². The molecule has 11 nitrogen and oxygen atoms in total. The molecule has 6 rings (SSSR count). The minimum absolute atomic E-state index is 0.115. The summed E-state index contributed by atoms with van der Waals surface area (Å²) in [5.74, 6) is 0.136. The Balaban J connectivity index is 1.04. The number of aromatic nitrogens is 4. The monoisotopic (exact) mass is 533 g/mol. The van der Waals surface area contributed by atoms with Crippen LogP contribution in [0.3, 0.4) is 0 Å². The number of carbonyl (C=O) groups is 2. The van der Waals surface area contributed by atoms with Gasteiger partial charge in [-0.2, -0.15) is 0 Å². The summed E-state index contributed by atoms with van der Waals surface area (Å²) in [5, 5.41) is 2.86. The highest BCUT2D eigenvalue weighted by Gasteiger charge is 2.50. The molecule has 2 aromatic heterocycles. The zero-order chi connectivity index (χ0) is 27.2. The first kappa shape index (κ1) is 25.7. The number of rotatable bonds is 5. The summed E-state index contributed by atoms with van der Waals surface area (Å²) in [5.41, 5.74) is 1.43. The van der Waals surface area contributed by atoms with E-state index < -0.39 is 5.60 Å². The van der Waals surface area contributed by atoms with Crippen LogP contribution in [0.1, 0.15) is 56.6 Å². The summed E-state index contributed by atoms with van der Waals surface area (Å²) < 4.78 is 13.9. The maximum absolute atomic E-state index is 12.6. The van der Waals surface area contributed by atoms with Gasteiger partial charge in [0.2, 0.25) is 0 Å². The molecule has 2 unspecified atom stereocenters. The third-order valence-corrected chi connectivity index (χ3v) is 7.71. The smallest absolute Gasteiger partial charge is 0.410 e. The van der Waals surface area contributed by atoms with Crippen molar-refractivity contribution in [1.82, 2.24) is 29.3 Å². The van der Waals surface area contributed by atoms with Crippen LogP contribution in [0.4, 0.5) is 10.6 Å².